The standard InChI is InChI=1S/C21H23NO4/c1-14-11-15(2)20-17(12-14)22(10-9-19(23)25-3)21(24)18(26-20)13-16-7-5-4-6-8-16/h4-8,11-12,18H,9-10,13H2,1-3H3. The number of benzene rings is 2. The molecule has 0 fully saturated rings. The van der Waals surface area contributed by atoms with Gasteiger partial charge in [-0.05, 0) is 36.6 Å². The number of rotatable bonds is 5. The molecule has 0 aliphatic carbocycles. The van der Waals surface area contributed by atoms with E-state index >= 15 is 0 Å². The second-order valence-electron chi connectivity index (χ2n) is 6.54. The van der Waals surface area contributed by atoms with E-state index in [4.69, 9.17) is 9.47 Å². The summed E-state index contributed by atoms with van der Waals surface area (Å²) in [7, 11) is 1.35. The zero-order valence-electron chi connectivity index (χ0n) is 15.3. The van der Waals surface area contributed by atoms with Crippen molar-refractivity contribution < 1.29 is 19.1 Å². The Morgan fingerprint density at radius 1 is 1.19 bits per heavy atom. The largest absolute Gasteiger partial charge is 0.478 e. The van der Waals surface area contributed by atoms with Crippen LogP contribution in [0, 0.1) is 13.8 Å². The lowest BCUT2D eigenvalue weighted by atomic mass is 10.0. The molecule has 0 spiro atoms. The molecule has 0 bridgehead atoms. The molecule has 0 radical (unpaired) electrons. The van der Waals surface area contributed by atoms with Gasteiger partial charge in [-0.1, -0.05) is 36.4 Å². The summed E-state index contributed by atoms with van der Waals surface area (Å²) in [5.41, 5.74) is 3.78. The van der Waals surface area contributed by atoms with Gasteiger partial charge in [0.15, 0.2) is 6.10 Å². The van der Waals surface area contributed by atoms with E-state index in [1.165, 1.54) is 7.11 Å². The summed E-state index contributed by atoms with van der Waals surface area (Å²) < 4.78 is 10.8. The van der Waals surface area contributed by atoms with Crippen LogP contribution in [0.25, 0.3) is 0 Å². The minimum absolute atomic E-state index is 0.129. The van der Waals surface area contributed by atoms with Crippen molar-refractivity contribution in [1.82, 2.24) is 0 Å². The maximum atomic E-state index is 13.1. The molecule has 2 aromatic carbocycles. The van der Waals surface area contributed by atoms with Crippen molar-refractivity contribution in [2.75, 3.05) is 18.6 Å². The van der Waals surface area contributed by atoms with E-state index in [1.54, 1.807) is 4.90 Å². The van der Waals surface area contributed by atoms with Crippen molar-refractivity contribution in [2.24, 2.45) is 0 Å². The van der Waals surface area contributed by atoms with Gasteiger partial charge in [-0.25, -0.2) is 0 Å². The zero-order valence-corrected chi connectivity index (χ0v) is 15.3. The Kier molecular flexibility index (Phi) is 5.26. The zero-order chi connectivity index (χ0) is 18.7. The first-order valence-corrected chi connectivity index (χ1v) is 8.69. The van der Waals surface area contributed by atoms with Crippen molar-refractivity contribution >= 4 is 17.6 Å². The molecule has 5 nitrogen and oxygen atoms in total. The van der Waals surface area contributed by atoms with Gasteiger partial charge in [-0.15, -0.1) is 0 Å². The van der Waals surface area contributed by atoms with Gasteiger partial charge in [-0.3, -0.25) is 9.59 Å². The van der Waals surface area contributed by atoms with E-state index in [2.05, 4.69) is 0 Å². The van der Waals surface area contributed by atoms with E-state index < -0.39 is 6.10 Å². The van der Waals surface area contributed by atoms with Gasteiger partial charge >= 0.3 is 5.97 Å². The highest BCUT2D eigenvalue weighted by Crippen LogP contribution is 2.38. The Balaban J connectivity index is 1.93. The number of amides is 1. The molecule has 0 N–H and O–H groups in total. The summed E-state index contributed by atoms with van der Waals surface area (Å²) in [5.74, 6) is 0.242. The number of hydrogen-bond donors (Lipinski definition) is 0. The maximum absolute atomic E-state index is 13.1. The summed E-state index contributed by atoms with van der Waals surface area (Å²) in [5, 5.41) is 0. The van der Waals surface area contributed by atoms with Crippen LogP contribution >= 0.6 is 0 Å². The van der Waals surface area contributed by atoms with Crippen LogP contribution in [-0.2, 0) is 20.7 Å². The average Bonchev–Trinajstić information content (AvgIpc) is 2.63. The third-order valence-corrected chi connectivity index (χ3v) is 4.52. The van der Waals surface area contributed by atoms with Gasteiger partial charge in [-0.2, -0.15) is 0 Å². The third-order valence-electron chi connectivity index (χ3n) is 4.52. The van der Waals surface area contributed by atoms with Gasteiger partial charge in [0.05, 0.1) is 19.2 Å². The highest BCUT2D eigenvalue weighted by atomic mass is 16.5. The molecule has 0 saturated carbocycles. The Labute approximate surface area is 153 Å². The van der Waals surface area contributed by atoms with Crippen molar-refractivity contribution in [2.45, 2.75) is 32.8 Å². The minimum atomic E-state index is -0.607. The lowest BCUT2D eigenvalue weighted by Crippen LogP contribution is -2.48. The average molecular weight is 353 g/mol. The Morgan fingerprint density at radius 2 is 1.92 bits per heavy atom. The number of carbonyl (C=O) groups is 2. The molecule has 1 amide bonds. The van der Waals surface area contributed by atoms with E-state index in [9.17, 15) is 9.59 Å². The van der Waals surface area contributed by atoms with Gasteiger partial charge < -0.3 is 14.4 Å². The number of fused-ring (bicyclic) bond motifs is 1. The fourth-order valence-electron chi connectivity index (χ4n) is 3.26. The molecule has 1 unspecified atom stereocenters. The van der Waals surface area contributed by atoms with Crippen LogP contribution in [0.1, 0.15) is 23.1 Å². The highest BCUT2D eigenvalue weighted by molar-refractivity contribution is 6.01. The Bertz CT molecular complexity index is 816. The number of methoxy groups -OCH3 is 1. The fourth-order valence-corrected chi connectivity index (χ4v) is 3.26. The van der Waals surface area contributed by atoms with Gasteiger partial charge in [0.1, 0.15) is 5.75 Å². The summed E-state index contributed by atoms with van der Waals surface area (Å²) in [6, 6.07) is 13.8. The van der Waals surface area contributed by atoms with Crippen LogP contribution in [0.3, 0.4) is 0 Å². The SMILES string of the molecule is COC(=O)CCN1C(=O)C(Cc2ccccc2)Oc2c(C)cc(C)cc21. The number of anilines is 1. The molecule has 2 aromatic rings. The second kappa shape index (κ2) is 7.60. The van der Waals surface area contributed by atoms with Crippen LogP contribution < -0.4 is 9.64 Å². The molecule has 1 atom stereocenters. The quantitative estimate of drug-likeness (QED) is 0.775. The predicted molar refractivity (Wildman–Crippen MR) is 99.5 cm³/mol. The Hall–Kier alpha value is -2.82. The van der Waals surface area contributed by atoms with Gasteiger partial charge in [0.2, 0.25) is 0 Å². The molecule has 0 saturated heterocycles. The first-order chi connectivity index (χ1) is 12.5. The van der Waals surface area contributed by atoms with Crippen molar-refractivity contribution in [3.8, 4) is 5.75 Å². The van der Waals surface area contributed by atoms with Crippen LogP contribution in [0.2, 0.25) is 0 Å². The van der Waals surface area contributed by atoms with Gasteiger partial charge in [0, 0.05) is 13.0 Å². The first kappa shape index (κ1) is 18.0. The van der Waals surface area contributed by atoms with Crippen LogP contribution in [0.4, 0.5) is 5.69 Å². The van der Waals surface area contributed by atoms with Crippen LogP contribution in [0.5, 0.6) is 5.75 Å². The maximum Gasteiger partial charge on any atom is 0.307 e. The summed E-state index contributed by atoms with van der Waals surface area (Å²) in [4.78, 5) is 26.3. The summed E-state index contributed by atoms with van der Waals surface area (Å²) in [6.07, 6.45) is 0.0254. The van der Waals surface area contributed by atoms with E-state index in [0.29, 0.717) is 12.2 Å². The number of esters is 1. The number of nitrogens with zero attached hydrogens (tertiary/aromatic N) is 1. The van der Waals surface area contributed by atoms with E-state index in [-0.39, 0.29) is 24.8 Å². The van der Waals surface area contributed by atoms with Crippen molar-refractivity contribution in [3.63, 3.8) is 0 Å². The van der Waals surface area contributed by atoms with E-state index in [1.807, 2.05) is 56.3 Å². The predicted octanol–water partition coefficient (Wildman–Crippen LogP) is 3.20. The Morgan fingerprint density at radius 3 is 2.62 bits per heavy atom. The second-order valence-corrected chi connectivity index (χ2v) is 6.54. The highest BCUT2D eigenvalue weighted by Gasteiger charge is 2.35. The number of aryl methyl sites for hydroxylation is 2. The topological polar surface area (TPSA) is 55.8 Å². The molecule has 26 heavy (non-hydrogen) atoms. The van der Waals surface area contributed by atoms with Crippen LogP contribution in [-0.4, -0.2) is 31.6 Å². The molecule has 1 heterocycles. The lowest BCUT2D eigenvalue weighted by Gasteiger charge is -2.35. The fraction of sp³-hybridized carbons (Fsp3) is 0.333. The van der Waals surface area contributed by atoms with Crippen molar-refractivity contribution in [1.29, 1.82) is 0 Å². The molecular formula is C21H23NO4. The minimum Gasteiger partial charge on any atom is -0.478 e. The smallest absolute Gasteiger partial charge is 0.307 e. The molecule has 136 valence electrons. The molecule has 0 aromatic heterocycles. The first-order valence-electron chi connectivity index (χ1n) is 8.69. The number of carbonyl (C=O) groups excluding carboxylic acids is 2. The van der Waals surface area contributed by atoms with Gasteiger partial charge in [0.25, 0.3) is 5.91 Å². The normalized spacial score (nSPS) is 16.0. The third kappa shape index (κ3) is 3.72. The van der Waals surface area contributed by atoms with Crippen molar-refractivity contribution in [3.05, 3.63) is 59.2 Å². The summed E-state index contributed by atoms with van der Waals surface area (Å²) >= 11 is 0. The molecule has 3 rings (SSSR count). The number of hydrogen-bond acceptors (Lipinski definition) is 4. The molecule has 1 aliphatic heterocycles. The monoisotopic (exact) mass is 353 g/mol. The summed E-state index contributed by atoms with van der Waals surface area (Å²) in [6.45, 7) is 4.22. The van der Waals surface area contributed by atoms with E-state index in [0.717, 1.165) is 22.4 Å². The molecule has 5 heteroatoms. The lowest BCUT2D eigenvalue weighted by molar-refractivity contribution is -0.140. The van der Waals surface area contributed by atoms with Crippen LogP contribution in [0.15, 0.2) is 42.5 Å². The number of ether oxygens (including phenoxy) is 2. The molecule has 1 aliphatic rings. The molecular weight excluding hydrogens is 330 g/mol.